The Kier molecular flexibility index (Phi) is 6.71. The molecule has 0 spiro atoms. The first-order valence-corrected chi connectivity index (χ1v) is 10.3. The van der Waals surface area contributed by atoms with Gasteiger partial charge in [0.15, 0.2) is 4.80 Å². The molecule has 0 aliphatic rings. The number of amides is 1. The molecule has 0 fully saturated rings. The molecular formula is C22H26N2O4S. The molecule has 1 amide bonds. The van der Waals surface area contributed by atoms with Crippen molar-refractivity contribution in [2.75, 3.05) is 27.4 Å². The van der Waals surface area contributed by atoms with E-state index in [0.717, 1.165) is 15.8 Å². The molecule has 3 aromatic rings. The van der Waals surface area contributed by atoms with E-state index in [4.69, 9.17) is 14.2 Å². The predicted octanol–water partition coefficient (Wildman–Crippen LogP) is 4.11. The zero-order chi connectivity index (χ0) is 21.0. The molecule has 0 N–H and O–H groups in total. The number of carbonyl (C=O) groups is 1. The summed E-state index contributed by atoms with van der Waals surface area (Å²) in [7, 11) is 3.05. The smallest absolute Gasteiger partial charge is 0.287 e. The summed E-state index contributed by atoms with van der Waals surface area (Å²) in [5, 5.41) is 0. The van der Waals surface area contributed by atoms with Crippen LogP contribution in [0.5, 0.6) is 11.5 Å². The Morgan fingerprint density at radius 1 is 1.14 bits per heavy atom. The van der Waals surface area contributed by atoms with Gasteiger partial charge in [-0.25, -0.2) is 0 Å². The van der Waals surface area contributed by atoms with Crippen LogP contribution in [0.15, 0.2) is 35.3 Å². The Balaban J connectivity index is 2.18. The number of hydrogen-bond donors (Lipinski definition) is 0. The van der Waals surface area contributed by atoms with Crippen LogP contribution in [0.1, 0.15) is 28.4 Å². The zero-order valence-electron chi connectivity index (χ0n) is 17.4. The van der Waals surface area contributed by atoms with Crippen LogP contribution in [0.3, 0.4) is 0 Å². The van der Waals surface area contributed by atoms with Gasteiger partial charge in [0.1, 0.15) is 17.1 Å². The van der Waals surface area contributed by atoms with Crippen molar-refractivity contribution in [1.29, 1.82) is 0 Å². The lowest BCUT2D eigenvalue weighted by atomic mass is 10.1. The molecule has 0 unspecified atom stereocenters. The van der Waals surface area contributed by atoms with Crippen LogP contribution in [0.2, 0.25) is 0 Å². The van der Waals surface area contributed by atoms with Gasteiger partial charge in [-0.05, 0) is 50.1 Å². The molecule has 2 aromatic carbocycles. The lowest BCUT2D eigenvalue weighted by Gasteiger charge is -2.10. The molecule has 1 aromatic heterocycles. The van der Waals surface area contributed by atoms with Crippen LogP contribution in [0, 0.1) is 13.8 Å². The van der Waals surface area contributed by atoms with E-state index < -0.39 is 5.91 Å². The first kappa shape index (κ1) is 21.1. The highest BCUT2D eigenvalue weighted by molar-refractivity contribution is 7.16. The molecule has 0 radical (unpaired) electrons. The fourth-order valence-corrected chi connectivity index (χ4v) is 4.62. The molecular weight excluding hydrogens is 388 g/mol. The van der Waals surface area contributed by atoms with Crippen molar-refractivity contribution in [3.05, 3.63) is 51.8 Å². The molecule has 29 heavy (non-hydrogen) atoms. The standard InChI is InChI=1S/C22H26N2O4S/c1-6-28-11-10-24-20-15(3)12-14(2)13-18(20)29-22(24)23-21(25)19-16(26-4)8-7-9-17(19)27-5/h7-9,12-13H,6,10-11H2,1-5H3. The van der Waals surface area contributed by atoms with Crippen molar-refractivity contribution in [1.82, 2.24) is 4.57 Å². The maximum atomic E-state index is 13.1. The summed E-state index contributed by atoms with van der Waals surface area (Å²) in [6, 6.07) is 9.50. The third-order valence-corrected chi connectivity index (χ3v) is 5.64. The number of nitrogens with zero attached hydrogens (tertiary/aromatic N) is 2. The van der Waals surface area contributed by atoms with Crippen LogP contribution < -0.4 is 14.3 Å². The number of rotatable bonds is 7. The van der Waals surface area contributed by atoms with Crippen LogP contribution in [0.25, 0.3) is 10.2 Å². The summed E-state index contributed by atoms with van der Waals surface area (Å²) in [5.74, 6) is 0.476. The van der Waals surface area contributed by atoms with E-state index in [1.54, 1.807) is 18.2 Å². The van der Waals surface area contributed by atoms with Crippen molar-refractivity contribution >= 4 is 27.5 Å². The Labute approximate surface area is 174 Å². The minimum Gasteiger partial charge on any atom is -0.496 e. The van der Waals surface area contributed by atoms with Crippen molar-refractivity contribution in [3.8, 4) is 11.5 Å². The fourth-order valence-electron chi connectivity index (χ4n) is 3.39. The summed E-state index contributed by atoms with van der Waals surface area (Å²) in [6.07, 6.45) is 0. The maximum Gasteiger partial charge on any atom is 0.287 e. The van der Waals surface area contributed by atoms with E-state index >= 15 is 0 Å². The van der Waals surface area contributed by atoms with Crippen LogP contribution in [0.4, 0.5) is 0 Å². The second kappa shape index (κ2) is 9.24. The molecule has 3 rings (SSSR count). The summed E-state index contributed by atoms with van der Waals surface area (Å²) < 4.78 is 19.4. The monoisotopic (exact) mass is 414 g/mol. The summed E-state index contributed by atoms with van der Waals surface area (Å²) in [4.78, 5) is 18.2. The molecule has 6 nitrogen and oxygen atoms in total. The molecule has 1 heterocycles. The average molecular weight is 415 g/mol. The second-order valence-corrected chi connectivity index (χ2v) is 7.63. The van der Waals surface area contributed by atoms with E-state index in [-0.39, 0.29) is 0 Å². The second-order valence-electron chi connectivity index (χ2n) is 6.62. The molecule has 0 aliphatic heterocycles. The van der Waals surface area contributed by atoms with Gasteiger partial charge in [0.05, 0.1) is 31.0 Å². The number of methoxy groups -OCH3 is 2. The lowest BCUT2D eigenvalue weighted by molar-refractivity contribution is 0.0990. The van der Waals surface area contributed by atoms with E-state index in [9.17, 15) is 4.79 Å². The summed E-state index contributed by atoms with van der Waals surface area (Å²) in [6.45, 7) is 7.92. The number of aromatic nitrogens is 1. The average Bonchev–Trinajstić information content (AvgIpc) is 3.04. The number of hydrogen-bond acceptors (Lipinski definition) is 5. The highest BCUT2D eigenvalue weighted by Gasteiger charge is 2.19. The first-order valence-electron chi connectivity index (χ1n) is 9.48. The normalized spacial score (nSPS) is 11.8. The topological polar surface area (TPSA) is 62.1 Å². The third-order valence-electron chi connectivity index (χ3n) is 4.61. The van der Waals surface area contributed by atoms with Crippen molar-refractivity contribution in [3.63, 3.8) is 0 Å². The van der Waals surface area contributed by atoms with Gasteiger partial charge in [0.2, 0.25) is 0 Å². The molecule has 7 heteroatoms. The number of ether oxygens (including phenoxy) is 3. The summed E-state index contributed by atoms with van der Waals surface area (Å²) in [5.41, 5.74) is 3.73. The number of carbonyl (C=O) groups excluding carboxylic acids is 1. The lowest BCUT2D eigenvalue weighted by Crippen LogP contribution is -2.20. The van der Waals surface area contributed by atoms with Gasteiger partial charge < -0.3 is 18.8 Å². The Morgan fingerprint density at radius 3 is 2.45 bits per heavy atom. The van der Waals surface area contributed by atoms with E-state index in [2.05, 4.69) is 35.5 Å². The largest absolute Gasteiger partial charge is 0.496 e. The minimum atomic E-state index is -0.398. The summed E-state index contributed by atoms with van der Waals surface area (Å²) >= 11 is 1.50. The maximum absolute atomic E-state index is 13.1. The predicted molar refractivity (Wildman–Crippen MR) is 115 cm³/mol. The van der Waals surface area contributed by atoms with Crippen molar-refractivity contribution < 1.29 is 19.0 Å². The van der Waals surface area contributed by atoms with E-state index in [1.165, 1.54) is 31.1 Å². The number of fused-ring (bicyclic) bond motifs is 1. The van der Waals surface area contributed by atoms with Crippen LogP contribution in [-0.2, 0) is 11.3 Å². The first-order chi connectivity index (χ1) is 14.0. The molecule has 0 saturated heterocycles. The molecule has 0 atom stereocenters. The fraction of sp³-hybridized carbons (Fsp3) is 0.364. The number of benzene rings is 2. The number of aryl methyl sites for hydroxylation is 2. The number of thiazole rings is 1. The SMILES string of the molecule is CCOCCn1c(=NC(=O)c2c(OC)cccc2OC)sc2cc(C)cc(C)c21. The van der Waals surface area contributed by atoms with Gasteiger partial charge in [-0.3, -0.25) is 4.79 Å². The Hall–Kier alpha value is -2.64. The van der Waals surface area contributed by atoms with Gasteiger partial charge >= 0.3 is 0 Å². The van der Waals surface area contributed by atoms with Crippen molar-refractivity contribution in [2.45, 2.75) is 27.3 Å². The zero-order valence-corrected chi connectivity index (χ0v) is 18.3. The third kappa shape index (κ3) is 4.36. The van der Waals surface area contributed by atoms with Gasteiger partial charge in [-0.2, -0.15) is 4.99 Å². The van der Waals surface area contributed by atoms with E-state index in [1.807, 2.05) is 6.92 Å². The van der Waals surface area contributed by atoms with E-state index in [0.29, 0.717) is 41.6 Å². The van der Waals surface area contributed by atoms with Crippen molar-refractivity contribution in [2.24, 2.45) is 4.99 Å². The molecule has 154 valence electrons. The van der Waals surface area contributed by atoms with Crippen LogP contribution >= 0.6 is 11.3 Å². The Bertz CT molecular complexity index is 1080. The Morgan fingerprint density at radius 2 is 1.83 bits per heavy atom. The molecule has 0 bridgehead atoms. The quantitative estimate of drug-likeness (QED) is 0.546. The van der Waals surface area contributed by atoms with Gasteiger partial charge in [-0.1, -0.05) is 23.5 Å². The van der Waals surface area contributed by atoms with Gasteiger partial charge in [0, 0.05) is 13.2 Å². The van der Waals surface area contributed by atoms with Gasteiger partial charge in [0.25, 0.3) is 5.91 Å². The highest BCUT2D eigenvalue weighted by Crippen LogP contribution is 2.29. The van der Waals surface area contributed by atoms with Gasteiger partial charge in [-0.15, -0.1) is 0 Å². The minimum absolute atomic E-state index is 0.319. The molecule has 0 aliphatic carbocycles. The molecule has 0 saturated carbocycles. The van der Waals surface area contributed by atoms with Crippen LogP contribution in [-0.4, -0.2) is 37.9 Å². The highest BCUT2D eigenvalue weighted by atomic mass is 32.1.